The molecule has 1 rings (SSSR count). The highest BCUT2D eigenvalue weighted by molar-refractivity contribution is 9.10. The van der Waals surface area contributed by atoms with Crippen molar-refractivity contribution in [2.45, 2.75) is 19.9 Å². The minimum absolute atomic E-state index is 0.0760. The van der Waals surface area contributed by atoms with Gasteiger partial charge in [0.1, 0.15) is 0 Å². The van der Waals surface area contributed by atoms with Crippen LogP contribution in [0.2, 0.25) is 0 Å². The minimum atomic E-state index is -0.182. The van der Waals surface area contributed by atoms with E-state index in [2.05, 4.69) is 21.2 Å². The number of rotatable bonds is 4. The first-order valence-electron chi connectivity index (χ1n) is 4.96. The zero-order valence-electron chi connectivity index (χ0n) is 9.00. The maximum atomic E-state index is 11.6. The van der Waals surface area contributed by atoms with Gasteiger partial charge < -0.3 is 15.6 Å². The number of nitrogens with zero attached hydrogens (tertiary/aromatic N) is 1. The number of aromatic nitrogens is 1. The van der Waals surface area contributed by atoms with E-state index in [0.717, 1.165) is 0 Å². The molecular weight excluding hydrogens is 274 g/mol. The number of hydrogen-bond donors (Lipinski definition) is 2. The van der Waals surface area contributed by atoms with Crippen molar-refractivity contribution in [1.82, 2.24) is 9.88 Å². The Labute approximate surface area is 102 Å². The molecule has 0 saturated heterocycles. The van der Waals surface area contributed by atoms with Gasteiger partial charge in [-0.15, -0.1) is 0 Å². The van der Waals surface area contributed by atoms with Crippen LogP contribution in [-0.2, 0) is 11.3 Å². The molecule has 0 atom stereocenters. The SMILES string of the molecule is CCNC(=O)CCn1cc(N)cc(Br)c1=O. The first kappa shape index (κ1) is 12.8. The highest BCUT2D eigenvalue weighted by atomic mass is 79.9. The topological polar surface area (TPSA) is 77.1 Å². The zero-order valence-corrected chi connectivity index (χ0v) is 10.6. The van der Waals surface area contributed by atoms with Crippen LogP contribution in [0, 0.1) is 0 Å². The molecule has 16 heavy (non-hydrogen) atoms. The maximum Gasteiger partial charge on any atom is 0.264 e. The van der Waals surface area contributed by atoms with Crippen LogP contribution in [0.5, 0.6) is 0 Å². The van der Waals surface area contributed by atoms with Gasteiger partial charge in [0, 0.05) is 31.4 Å². The molecule has 0 aliphatic heterocycles. The molecule has 0 aromatic carbocycles. The van der Waals surface area contributed by atoms with Crippen molar-refractivity contribution in [3.05, 3.63) is 27.1 Å². The summed E-state index contributed by atoms with van der Waals surface area (Å²) in [5.41, 5.74) is 5.91. The molecule has 0 fully saturated rings. The Bertz CT molecular complexity index is 442. The second kappa shape index (κ2) is 5.69. The van der Waals surface area contributed by atoms with Crippen molar-refractivity contribution in [2.24, 2.45) is 0 Å². The fourth-order valence-corrected chi connectivity index (χ4v) is 1.79. The average molecular weight is 288 g/mol. The second-order valence-electron chi connectivity index (χ2n) is 3.32. The van der Waals surface area contributed by atoms with Crippen molar-refractivity contribution in [1.29, 1.82) is 0 Å². The molecule has 1 aromatic rings. The number of nitrogen functional groups attached to an aromatic ring is 1. The van der Waals surface area contributed by atoms with Gasteiger partial charge >= 0.3 is 0 Å². The minimum Gasteiger partial charge on any atom is -0.398 e. The summed E-state index contributed by atoms with van der Waals surface area (Å²) in [7, 11) is 0. The number of amides is 1. The molecule has 1 aromatic heterocycles. The van der Waals surface area contributed by atoms with Crippen LogP contribution in [0.4, 0.5) is 5.69 Å². The van der Waals surface area contributed by atoms with Gasteiger partial charge in [-0.1, -0.05) is 0 Å². The van der Waals surface area contributed by atoms with E-state index in [0.29, 0.717) is 23.2 Å². The van der Waals surface area contributed by atoms with Gasteiger partial charge in [0.2, 0.25) is 5.91 Å². The molecular formula is C10H14BrN3O2. The van der Waals surface area contributed by atoms with Crippen molar-refractivity contribution in [3.8, 4) is 0 Å². The average Bonchev–Trinajstić information content (AvgIpc) is 2.21. The molecule has 1 heterocycles. The molecule has 3 N–H and O–H groups in total. The van der Waals surface area contributed by atoms with Crippen LogP contribution in [0.25, 0.3) is 0 Å². The number of nitrogens with one attached hydrogen (secondary N) is 1. The summed E-state index contributed by atoms with van der Waals surface area (Å²) in [6, 6.07) is 1.55. The lowest BCUT2D eigenvalue weighted by atomic mass is 10.3. The number of nitrogens with two attached hydrogens (primary N) is 1. The van der Waals surface area contributed by atoms with Crippen LogP contribution in [0.3, 0.4) is 0 Å². The molecule has 1 amide bonds. The summed E-state index contributed by atoms with van der Waals surface area (Å²) in [6.07, 6.45) is 1.80. The molecule has 5 nitrogen and oxygen atoms in total. The number of anilines is 1. The summed E-state index contributed by atoms with van der Waals surface area (Å²) in [5.74, 6) is -0.0760. The van der Waals surface area contributed by atoms with Gasteiger partial charge in [-0.25, -0.2) is 0 Å². The van der Waals surface area contributed by atoms with Gasteiger partial charge in [0.25, 0.3) is 5.56 Å². The van der Waals surface area contributed by atoms with Crippen LogP contribution in [0.15, 0.2) is 21.5 Å². The lowest BCUT2D eigenvalue weighted by molar-refractivity contribution is -0.121. The molecule has 0 aliphatic rings. The molecule has 6 heteroatoms. The Balaban J connectivity index is 2.74. The predicted molar refractivity (Wildman–Crippen MR) is 66.1 cm³/mol. The first-order chi connectivity index (χ1) is 7.54. The number of aryl methyl sites for hydroxylation is 1. The molecule has 0 bridgehead atoms. The highest BCUT2D eigenvalue weighted by Gasteiger charge is 2.05. The van der Waals surface area contributed by atoms with Crippen LogP contribution in [-0.4, -0.2) is 17.0 Å². The Kier molecular flexibility index (Phi) is 4.54. The summed E-state index contributed by atoms with van der Waals surface area (Å²) >= 11 is 3.12. The monoisotopic (exact) mass is 287 g/mol. The number of carbonyl (C=O) groups excluding carboxylic acids is 1. The van der Waals surface area contributed by atoms with E-state index >= 15 is 0 Å². The van der Waals surface area contributed by atoms with E-state index in [1.807, 2.05) is 6.92 Å². The van der Waals surface area contributed by atoms with E-state index < -0.39 is 0 Å². The summed E-state index contributed by atoms with van der Waals surface area (Å²) in [6.45, 7) is 2.77. The summed E-state index contributed by atoms with van der Waals surface area (Å²) in [5, 5.41) is 2.67. The van der Waals surface area contributed by atoms with Crippen molar-refractivity contribution < 1.29 is 4.79 Å². The molecule has 0 aliphatic carbocycles. The van der Waals surface area contributed by atoms with Gasteiger partial charge in [-0.05, 0) is 28.9 Å². The molecule has 0 radical (unpaired) electrons. The van der Waals surface area contributed by atoms with Crippen LogP contribution >= 0.6 is 15.9 Å². The highest BCUT2D eigenvalue weighted by Crippen LogP contribution is 2.08. The van der Waals surface area contributed by atoms with E-state index in [1.54, 1.807) is 6.07 Å². The largest absolute Gasteiger partial charge is 0.398 e. The molecule has 88 valence electrons. The van der Waals surface area contributed by atoms with Crippen LogP contribution < -0.4 is 16.6 Å². The predicted octanol–water partition coefficient (Wildman–Crippen LogP) is 0.719. The quantitative estimate of drug-likeness (QED) is 0.857. The lowest BCUT2D eigenvalue weighted by Gasteiger charge is -2.07. The Hall–Kier alpha value is -1.30. The van der Waals surface area contributed by atoms with Crippen molar-refractivity contribution in [2.75, 3.05) is 12.3 Å². The third kappa shape index (κ3) is 3.37. The number of carbonyl (C=O) groups is 1. The van der Waals surface area contributed by atoms with E-state index in [1.165, 1.54) is 10.8 Å². The molecule has 0 saturated carbocycles. The van der Waals surface area contributed by atoms with Gasteiger partial charge in [0.05, 0.1) is 4.47 Å². The first-order valence-corrected chi connectivity index (χ1v) is 5.76. The van der Waals surface area contributed by atoms with Crippen molar-refractivity contribution in [3.63, 3.8) is 0 Å². The standard InChI is InChI=1S/C10H14BrN3O2/c1-2-13-9(15)3-4-14-6-7(12)5-8(11)10(14)16/h5-6H,2-4,12H2,1H3,(H,13,15). The third-order valence-corrected chi connectivity index (χ3v) is 2.59. The van der Waals surface area contributed by atoms with E-state index in [-0.39, 0.29) is 17.9 Å². The second-order valence-corrected chi connectivity index (χ2v) is 4.18. The lowest BCUT2D eigenvalue weighted by Crippen LogP contribution is -2.27. The normalized spacial score (nSPS) is 10.1. The zero-order chi connectivity index (χ0) is 12.1. The summed E-state index contributed by atoms with van der Waals surface area (Å²) < 4.78 is 1.83. The number of pyridine rings is 1. The Morgan fingerprint density at radius 3 is 2.94 bits per heavy atom. The Morgan fingerprint density at radius 1 is 1.62 bits per heavy atom. The Morgan fingerprint density at radius 2 is 2.31 bits per heavy atom. The van der Waals surface area contributed by atoms with Gasteiger partial charge in [0.15, 0.2) is 0 Å². The fraction of sp³-hybridized carbons (Fsp3) is 0.400. The van der Waals surface area contributed by atoms with Crippen LogP contribution in [0.1, 0.15) is 13.3 Å². The number of hydrogen-bond acceptors (Lipinski definition) is 3. The molecule has 0 unspecified atom stereocenters. The van der Waals surface area contributed by atoms with Crippen molar-refractivity contribution >= 4 is 27.5 Å². The summed E-state index contributed by atoms with van der Waals surface area (Å²) in [4.78, 5) is 22.8. The van der Waals surface area contributed by atoms with Gasteiger partial charge in [-0.3, -0.25) is 9.59 Å². The fourth-order valence-electron chi connectivity index (χ4n) is 1.29. The van der Waals surface area contributed by atoms with Gasteiger partial charge in [-0.2, -0.15) is 0 Å². The third-order valence-electron chi connectivity index (χ3n) is 2.02. The van der Waals surface area contributed by atoms with E-state index in [9.17, 15) is 9.59 Å². The van der Waals surface area contributed by atoms with E-state index in [4.69, 9.17) is 5.73 Å². The maximum absolute atomic E-state index is 11.6. The molecule has 0 spiro atoms. The number of halogens is 1. The smallest absolute Gasteiger partial charge is 0.264 e.